The van der Waals surface area contributed by atoms with Crippen molar-refractivity contribution in [3.63, 3.8) is 0 Å². The molecule has 0 unspecified atom stereocenters. The van der Waals surface area contributed by atoms with Crippen molar-refractivity contribution >= 4 is 11.9 Å². The third kappa shape index (κ3) is 5.06. The van der Waals surface area contributed by atoms with Gasteiger partial charge in [-0.3, -0.25) is 9.59 Å². The predicted octanol–water partition coefficient (Wildman–Crippen LogP) is 2.41. The zero-order valence-corrected chi connectivity index (χ0v) is 12.4. The Morgan fingerprint density at radius 3 is 2.57 bits per heavy atom. The molecule has 0 aromatic heterocycles. The van der Waals surface area contributed by atoms with Crippen molar-refractivity contribution in [2.45, 2.75) is 20.3 Å². The summed E-state index contributed by atoms with van der Waals surface area (Å²) in [6.07, 6.45) is -0.128. The fraction of sp³-hybridized carbons (Fsp3) is 0.467. The van der Waals surface area contributed by atoms with E-state index < -0.39 is 11.8 Å². The number of carbonyl (C=O) groups excluding carboxylic acids is 1. The molecule has 0 aliphatic rings. The van der Waals surface area contributed by atoms with Crippen molar-refractivity contribution in [1.82, 2.24) is 4.90 Å². The Labute approximate surface area is 123 Å². The molecule has 5 nitrogen and oxygen atoms in total. The molecule has 6 heteroatoms. The van der Waals surface area contributed by atoms with Crippen molar-refractivity contribution in [2.24, 2.45) is 5.92 Å². The highest BCUT2D eigenvalue weighted by atomic mass is 19.1. The number of amides is 1. The van der Waals surface area contributed by atoms with Crippen molar-refractivity contribution < 1.29 is 23.8 Å². The highest BCUT2D eigenvalue weighted by Gasteiger charge is 2.19. The molecule has 0 fully saturated rings. The Kier molecular flexibility index (Phi) is 6.14. The Morgan fingerprint density at radius 2 is 2.05 bits per heavy atom. The molecule has 0 saturated carbocycles. The highest BCUT2D eigenvalue weighted by Crippen LogP contribution is 2.19. The smallest absolute Gasteiger partial charge is 0.305 e. The van der Waals surface area contributed by atoms with Gasteiger partial charge in [0.05, 0.1) is 13.5 Å². The molecule has 0 heterocycles. The third-order valence-corrected chi connectivity index (χ3v) is 2.87. The number of aliphatic carboxylic acids is 1. The van der Waals surface area contributed by atoms with Gasteiger partial charge in [0.15, 0.2) is 11.6 Å². The lowest BCUT2D eigenvalue weighted by atomic mass is 10.1. The number of hydrogen-bond acceptors (Lipinski definition) is 3. The Balaban J connectivity index is 2.95. The first-order chi connectivity index (χ1) is 9.85. The standard InChI is InChI=1S/C15H20FNO4/c1-10(2)9-17(7-6-14(18)19)15(20)11-4-5-12(16)13(8-11)21-3/h4-5,8,10H,6-7,9H2,1-3H3,(H,18,19). The summed E-state index contributed by atoms with van der Waals surface area (Å²) < 4.78 is 18.2. The number of ether oxygens (including phenoxy) is 1. The van der Waals surface area contributed by atoms with Crippen LogP contribution in [0.1, 0.15) is 30.6 Å². The maximum Gasteiger partial charge on any atom is 0.305 e. The number of rotatable bonds is 7. The predicted molar refractivity (Wildman–Crippen MR) is 75.9 cm³/mol. The van der Waals surface area contributed by atoms with Crippen molar-refractivity contribution in [2.75, 3.05) is 20.2 Å². The van der Waals surface area contributed by atoms with Crippen LogP contribution < -0.4 is 4.74 Å². The van der Waals surface area contributed by atoms with E-state index in [1.165, 1.54) is 24.1 Å². The van der Waals surface area contributed by atoms with Crippen LogP contribution in [0.25, 0.3) is 0 Å². The monoisotopic (exact) mass is 297 g/mol. The molecular weight excluding hydrogens is 277 g/mol. The van der Waals surface area contributed by atoms with Gasteiger partial charge in [0, 0.05) is 18.7 Å². The number of halogens is 1. The van der Waals surface area contributed by atoms with Gasteiger partial charge in [0.1, 0.15) is 0 Å². The van der Waals surface area contributed by atoms with E-state index >= 15 is 0 Å². The number of carboxylic acids is 1. The number of nitrogens with zero attached hydrogens (tertiary/aromatic N) is 1. The summed E-state index contributed by atoms with van der Waals surface area (Å²) in [5.74, 6) is -1.65. The SMILES string of the molecule is COc1cc(C(=O)N(CCC(=O)O)CC(C)C)ccc1F. The first-order valence-corrected chi connectivity index (χ1v) is 6.69. The Bertz CT molecular complexity index is 516. The van der Waals surface area contributed by atoms with Crippen LogP contribution in [-0.4, -0.2) is 42.1 Å². The van der Waals surface area contributed by atoms with Gasteiger partial charge < -0.3 is 14.7 Å². The first kappa shape index (κ1) is 16.9. The van der Waals surface area contributed by atoms with E-state index in [-0.39, 0.29) is 36.1 Å². The number of methoxy groups -OCH3 is 1. The molecule has 0 saturated heterocycles. The van der Waals surface area contributed by atoms with Crippen molar-refractivity contribution in [3.05, 3.63) is 29.6 Å². The van der Waals surface area contributed by atoms with Crippen LogP contribution in [0.4, 0.5) is 4.39 Å². The number of carbonyl (C=O) groups is 2. The molecule has 0 radical (unpaired) electrons. The maximum atomic E-state index is 13.4. The van der Waals surface area contributed by atoms with Crippen LogP contribution in [0.3, 0.4) is 0 Å². The Morgan fingerprint density at radius 1 is 1.38 bits per heavy atom. The third-order valence-electron chi connectivity index (χ3n) is 2.87. The summed E-state index contributed by atoms with van der Waals surface area (Å²) in [5, 5.41) is 8.76. The summed E-state index contributed by atoms with van der Waals surface area (Å²) in [6.45, 7) is 4.43. The molecule has 0 aliphatic heterocycles. The normalized spacial score (nSPS) is 10.5. The second-order valence-electron chi connectivity index (χ2n) is 5.14. The average molecular weight is 297 g/mol. The van der Waals surface area contributed by atoms with Gasteiger partial charge in [0.25, 0.3) is 5.91 Å². The van der Waals surface area contributed by atoms with E-state index in [2.05, 4.69) is 0 Å². The van der Waals surface area contributed by atoms with Gasteiger partial charge in [-0.1, -0.05) is 13.8 Å². The fourth-order valence-electron chi connectivity index (χ4n) is 1.92. The minimum absolute atomic E-state index is 0.0106. The lowest BCUT2D eigenvalue weighted by Gasteiger charge is -2.24. The van der Waals surface area contributed by atoms with Crippen molar-refractivity contribution in [1.29, 1.82) is 0 Å². The summed E-state index contributed by atoms with van der Waals surface area (Å²) in [4.78, 5) is 24.6. The van der Waals surface area contributed by atoms with Crippen LogP contribution in [0.2, 0.25) is 0 Å². The van der Waals surface area contributed by atoms with Crippen molar-refractivity contribution in [3.8, 4) is 5.75 Å². The molecule has 116 valence electrons. The van der Waals surface area contributed by atoms with E-state index in [0.717, 1.165) is 6.07 Å². The highest BCUT2D eigenvalue weighted by molar-refractivity contribution is 5.94. The van der Waals surface area contributed by atoms with E-state index in [1.54, 1.807) is 0 Å². The van der Waals surface area contributed by atoms with Gasteiger partial charge in [0.2, 0.25) is 0 Å². The largest absolute Gasteiger partial charge is 0.494 e. The molecule has 1 aromatic carbocycles. The molecule has 0 spiro atoms. The zero-order valence-electron chi connectivity index (χ0n) is 12.4. The van der Waals surface area contributed by atoms with Crippen LogP contribution in [0.15, 0.2) is 18.2 Å². The lowest BCUT2D eigenvalue weighted by molar-refractivity contribution is -0.137. The molecule has 21 heavy (non-hydrogen) atoms. The molecule has 0 bridgehead atoms. The summed E-state index contributed by atoms with van der Waals surface area (Å²) in [6, 6.07) is 3.86. The van der Waals surface area contributed by atoms with Gasteiger partial charge >= 0.3 is 5.97 Å². The molecule has 0 aliphatic carbocycles. The second kappa shape index (κ2) is 7.61. The van der Waals surface area contributed by atoms with Gasteiger partial charge in [-0.05, 0) is 24.1 Å². The van der Waals surface area contributed by atoms with E-state index in [4.69, 9.17) is 9.84 Å². The minimum Gasteiger partial charge on any atom is -0.494 e. The number of carboxylic acid groups (broad SMARTS) is 1. The van der Waals surface area contributed by atoms with Crippen LogP contribution >= 0.6 is 0 Å². The van der Waals surface area contributed by atoms with Crippen LogP contribution in [0.5, 0.6) is 5.75 Å². The van der Waals surface area contributed by atoms with E-state index in [1.807, 2.05) is 13.8 Å². The fourth-order valence-corrected chi connectivity index (χ4v) is 1.92. The molecule has 1 amide bonds. The quantitative estimate of drug-likeness (QED) is 0.839. The molecule has 1 N–H and O–H groups in total. The van der Waals surface area contributed by atoms with Crippen LogP contribution in [-0.2, 0) is 4.79 Å². The maximum absolute atomic E-state index is 13.4. The summed E-state index contributed by atoms with van der Waals surface area (Å²) in [5.41, 5.74) is 0.277. The summed E-state index contributed by atoms with van der Waals surface area (Å²) >= 11 is 0. The van der Waals surface area contributed by atoms with Gasteiger partial charge in [-0.15, -0.1) is 0 Å². The van der Waals surface area contributed by atoms with E-state index in [9.17, 15) is 14.0 Å². The molecular formula is C15H20FNO4. The lowest BCUT2D eigenvalue weighted by Crippen LogP contribution is -2.36. The van der Waals surface area contributed by atoms with Gasteiger partial charge in [-0.25, -0.2) is 4.39 Å². The first-order valence-electron chi connectivity index (χ1n) is 6.69. The molecule has 1 rings (SSSR count). The molecule has 0 atom stereocenters. The van der Waals surface area contributed by atoms with Crippen LogP contribution in [0, 0.1) is 11.7 Å². The Hall–Kier alpha value is -2.11. The summed E-state index contributed by atoms with van der Waals surface area (Å²) in [7, 11) is 1.32. The van der Waals surface area contributed by atoms with E-state index in [0.29, 0.717) is 6.54 Å². The zero-order chi connectivity index (χ0) is 16.0. The number of hydrogen-bond donors (Lipinski definition) is 1. The minimum atomic E-state index is -0.965. The average Bonchev–Trinajstić information content (AvgIpc) is 2.42. The number of benzene rings is 1. The second-order valence-corrected chi connectivity index (χ2v) is 5.14. The molecule has 1 aromatic rings. The topological polar surface area (TPSA) is 66.8 Å². The van der Waals surface area contributed by atoms with Gasteiger partial charge in [-0.2, -0.15) is 0 Å².